The number of benzene rings is 3. The molecule has 0 unspecified atom stereocenters. The van der Waals surface area contributed by atoms with E-state index in [0.29, 0.717) is 12.1 Å². The first-order valence-electron chi connectivity index (χ1n) is 15.0. The van der Waals surface area contributed by atoms with Crippen molar-refractivity contribution in [1.29, 1.82) is 0 Å². The van der Waals surface area contributed by atoms with Crippen LogP contribution in [0.3, 0.4) is 0 Å². The summed E-state index contributed by atoms with van der Waals surface area (Å²) in [7, 11) is -1.24. The summed E-state index contributed by atoms with van der Waals surface area (Å²) < 4.78 is 19.7. The Morgan fingerprint density at radius 1 is 0.783 bits per heavy atom. The predicted molar refractivity (Wildman–Crippen MR) is 184 cm³/mol. The minimum absolute atomic E-state index is 0. The maximum absolute atomic E-state index is 13.6. The molecule has 0 saturated carbocycles. The van der Waals surface area contributed by atoms with E-state index in [4.69, 9.17) is 9.40 Å². The van der Waals surface area contributed by atoms with E-state index in [-0.39, 0.29) is 25.9 Å². The van der Waals surface area contributed by atoms with E-state index in [2.05, 4.69) is 85.1 Å². The molecule has 3 aromatic carbocycles. The molecule has 4 nitrogen and oxygen atoms in total. The molecule has 0 atom stereocenters. The van der Waals surface area contributed by atoms with Crippen LogP contribution in [0.1, 0.15) is 22.5 Å². The molecule has 0 aliphatic heterocycles. The summed E-state index contributed by atoms with van der Waals surface area (Å²) in [5, 5.41) is 3.32. The molecular weight excluding hydrogens is 766 g/mol. The first-order valence-corrected chi connectivity index (χ1v) is 18.5. The zero-order valence-corrected chi connectivity index (χ0v) is 29.9. The van der Waals surface area contributed by atoms with E-state index in [9.17, 15) is 4.39 Å². The Labute approximate surface area is 284 Å². The molecule has 0 bridgehead atoms. The van der Waals surface area contributed by atoms with Gasteiger partial charge in [0.2, 0.25) is 0 Å². The molecular formula is C39H34FIrN3OSi-2. The van der Waals surface area contributed by atoms with Gasteiger partial charge in [0.15, 0.2) is 0 Å². The van der Waals surface area contributed by atoms with E-state index in [1.54, 1.807) is 6.07 Å². The number of hydrogen-bond donors (Lipinski definition) is 0. The molecule has 233 valence electrons. The van der Waals surface area contributed by atoms with Gasteiger partial charge in [-0.1, -0.05) is 74.4 Å². The fraction of sp³-hybridized carbons (Fsp3) is 0.154. The van der Waals surface area contributed by atoms with Crippen molar-refractivity contribution in [1.82, 2.24) is 15.0 Å². The molecule has 4 heterocycles. The zero-order chi connectivity index (χ0) is 31.6. The topological polar surface area (TPSA) is 51.8 Å². The van der Waals surface area contributed by atoms with Crippen LogP contribution in [0.5, 0.6) is 0 Å². The first kappa shape index (κ1) is 33.1. The Balaban J connectivity index is 0.000000200. The van der Waals surface area contributed by atoms with Crippen molar-refractivity contribution >= 4 is 35.2 Å². The van der Waals surface area contributed by atoms with Crippen LogP contribution >= 0.6 is 0 Å². The van der Waals surface area contributed by atoms with Gasteiger partial charge in [0.05, 0.1) is 19.4 Å². The monoisotopic (exact) mass is 800 g/mol. The average molecular weight is 800 g/mol. The van der Waals surface area contributed by atoms with Gasteiger partial charge in [0.25, 0.3) is 0 Å². The van der Waals surface area contributed by atoms with E-state index in [1.165, 1.54) is 34.6 Å². The molecule has 0 spiro atoms. The van der Waals surface area contributed by atoms with Gasteiger partial charge < -0.3 is 14.4 Å². The van der Waals surface area contributed by atoms with Crippen molar-refractivity contribution in [3.63, 3.8) is 0 Å². The van der Waals surface area contributed by atoms with Gasteiger partial charge in [-0.05, 0) is 41.2 Å². The fourth-order valence-corrected chi connectivity index (χ4v) is 6.26. The van der Waals surface area contributed by atoms with Gasteiger partial charge in [-0.25, -0.2) is 4.39 Å². The summed E-state index contributed by atoms with van der Waals surface area (Å²) in [6.07, 6.45) is 4.19. The summed E-state index contributed by atoms with van der Waals surface area (Å²) in [6, 6.07) is 35.6. The van der Waals surface area contributed by atoms with Crippen LogP contribution in [-0.4, -0.2) is 23.0 Å². The first-order chi connectivity index (χ1) is 21.6. The number of pyridine rings is 3. The minimum Gasteiger partial charge on any atom is -0.500 e. The van der Waals surface area contributed by atoms with Crippen LogP contribution in [0.2, 0.25) is 19.6 Å². The Kier molecular flexibility index (Phi) is 10.1. The summed E-state index contributed by atoms with van der Waals surface area (Å²) in [5.41, 5.74) is 9.16. The van der Waals surface area contributed by atoms with Crippen LogP contribution in [0.4, 0.5) is 4.39 Å². The third-order valence-corrected chi connectivity index (χ3v) is 9.70. The van der Waals surface area contributed by atoms with Crippen LogP contribution in [0.25, 0.3) is 44.5 Å². The van der Waals surface area contributed by atoms with Gasteiger partial charge in [0, 0.05) is 56.1 Å². The van der Waals surface area contributed by atoms with Crippen molar-refractivity contribution in [3.05, 3.63) is 144 Å². The molecule has 0 N–H and O–H groups in total. The van der Waals surface area contributed by atoms with Gasteiger partial charge in [-0.3, -0.25) is 4.98 Å². The SMILES string of the molecule is Cc1c[c-]c(-c2ccc([Si](C)(C)C)cn2)cc1.Cc1cc2oc3c[c-]c(-c4cc(F)ccn4)cc3c2c(Cc2ccccc2)n1.[Ir]. The summed E-state index contributed by atoms with van der Waals surface area (Å²) in [5.74, 6) is -0.322. The Morgan fingerprint density at radius 2 is 1.57 bits per heavy atom. The van der Waals surface area contributed by atoms with Gasteiger partial charge in [-0.15, -0.1) is 59.2 Å². The number of furan rings is 1. The summed E-state index contributed by atoms with van der Waals surface area (Å²) in [6.45, 7) is 11.0. The molecule has 4 aromatic heterocycles. The number of hydrogen-bond acceptors (Lipinski definition) is 4. The van der Waals surface area contributed by atoms with Crippen LogP contribution in [0.15, 0.2) is 108 Å². The van der Waals surface area contributed by atoms with E-state index >= 15 is 0 Å². The molecule has 1 radical (unpaired) electrons. The van der Waals surface area contributed by atoms with Gasteiger partial charge >= 0.3 is 0 Å². The van der Waals surface area contributed by atoms with E-state index < -0.39 is 8.07 Å². The molecule has 0 saturated heterocycles. The second-order valence-corrected chi connectivity index (χ2v) is 17.4. The normalized spacial score (nSPS) is 11.2. The van der Waals surface area contributed by atoms with Gasteiger partial charge in [-0.2, -0.15) is 0 Å². The maximum atomic E-state index is 13.6. The number of nitrogens with zero attached hydrogens (tertiary/aromatic N) is 3. The number of aryl methyl sites for hydroxylation is 2. The second-order valence-electron chi connectivity index (χ2n) is 12.3. The molecule has 0 fully saturated rings. The molecule has 7 rings (SSSR count). The van der Waals surface area contributed by atoms with E-state index in [1.807, 2.05) is 49.5 Å². The molecule has 7 aromatic rings. The third-order valence-electron chi connectivity index (χ3n) is 7.67. The predicted octanol–water partition coefficient (Wildman–Crippen LogP) is 9.28. The number of aromatic nitrogens is 3. The van der Waals surface area contributed by atoms with Crippen molar-refractivity contribution in [3.8, 4) is 22.5 Å². The third kappa shape index (κ3) is 7.56. The Bertz CT molecular complexity index is 2090. The standard InChI is InChI=1S/C24H16FN2O.C15H18NSi.Ir/c1-15-11-23-24(21(27-15)12-16-5-3-2-4-6-16)19-13-17(7-8-22(19)28-23)20-14-18(25)9-10-26-20;1-12-5-7-13(8-6-12)15-10-9-14(11-16-15)17(2,3)4;/h2-6,8-11,13-14H,12H2,1H3;5-7,9-11H,1-4H3;/q2*-1;. The average Bonchev–Trinajstić information content (AvgIpc) is 3.39. The molecule has 0 amide bonds. The molecule has 0 aliphatic rings. The quantitative estimate of drug-likeness (QED) is 0.129. The molecule has 0 aliphatic carbocycles. The van der Waals surface area contributed by atoms with Crippen molar-refractivity contribution in [2.24, 2.45) is 0 Å². The fourth-order valence-electron chi connectivity index (χ4n) is 5.23. The number of rotatable bonds is 5. The summed E-state index contributed by atoms with van der Waals surface area (Å²) >= 11 is 0. The van der Waals surface area contributed by atoms with Gasteiger partial charge in [0.1, 0.15) is 11.4 Å². The van der Waals surface area contributed by atoms with Crippen LogP contribution in [-0.2, 0) is 26.5 Å². The Hall–Kier alpha value is -4.29. The summed E-state index contributed by atoms with van der Waals surface area (Å²) in [4.78, 5) is 13.6. The Morgan fingerprint density at radius 3 is 2.24 bits per heavy atom. The van der Waals surface area contributed by atoms with Crippen molar-refractivity contribution in [2.75, 3.05) is 0 Å². The number of fused-ring (bicyclic) bond motifs is 3. The second kappa shape index (κ2) is 14.0. The van der Waals surface area contributed by atoms with Crippen LogP contribution < -0.4 is 5.19 Å². The molecule has 7 heteroatoms. The van der Waals surface area contributed by atoms with Crippen molar-refractivity contribution < 1.29 is 28.9 Å². The smallest absolute Gasteiger partial charge is 0.124 e. The largest absolute Gasteiger partial charge is 0.500 e. The van der Waals surface area contributed by atoms with E-state index in [0.717, 1.165) is 50.1 Å². The van der Waals surface area contributed by atoms with Crippen LogP contribution in [0, 0.1) is 31.8 Å². The minimum atomic E-state index is -1.24. The zero-order valence-electron chi connectivity index (χ0n) is 26.5. The maximum Gasteiger partial charge on any atom is 0.124 e. The molecule has 46 heavy (non-hydrogen) atoms. The number of halogens is 1. The van der Waals surface area contributed by atoms with Crippen molar-refractivity contribution in [2.45, 2.75) is 39.9 Å².